The van der Waals surface area contributed by atoms with E-state index in [1.54, 1.807) is 18.2 Å². The van der Waals surface area contributed by atoms with Gasteiger partial charge in [0.05, 0.1) is 25.2 Å². The number of rotatable bonds is 3. The summed E-state index contributed by atoms with van der Waals surface area (Å²) in [5.74, 6) is -0.220. The summed E-state index contributed by atoms with van der Waals surface area (Å²) in [4.78, 5) is 10.7. The van der Waals surface area contributed by atoms with Crippen molar-refractivity contribution in [2.45, 2.75) is 12.2 Å². The lowest BCUT2D eigenvalue weighted by atomic mass is 9.85. The van der Waals surface area contributed by atoms with Gasteiger partial charge in [0, 0.05) is 0 Å². The van der Waals surface area contributed by atoms with Crippen molar-refractivity contribution in [2.24, 2.45) is 5.92 Å². The van der Waals surface area contributed by atoms with E-state index in [1.165, 1.54) is 0 Å². The van der Waals surface area contributed by atoms with Gasteiger partial charge in [-0.15, -0.1) is 0 Å². The third kappa shape index (κ3) is 1.96. The molecule has 0 aromatic rings. The van der Waals surface area contributed by atoms with Gasteiger partial charge < -0.3 is 14.3 Å². The average molecular weight is 190 g/mol. The molecular formula is C10H11BO3. The zero-order valence-electron chi connectivity index (χ0n) is 7.76. The second-order valence-corrected chi connectivity index (χ2v) is 3.50. The molecule has 1 heterocycles. The van der Waals surface area contributed by atoms with Crippen molar-refractivity contribution in [3.8, 4) is 0 Å². The molecule has 2 aliphatic rings. The molecule has 0 saturated carbocycles. The summed E-state index contributed by atoms with van der Waals surface area (Å²) >= 11 is 0. The van der Waals surface area contributed by atoms with E-state index in [0.717, 1.165) is 6.29 Å². The summed E-state index contributed by atoms with van der Waals surface area (Å²) in [6, 6.07) is 0. The third-order valence-corrected chi connectivity index (χ3v) is 2.36. The number of allylic oxidation sites excluding steroid dienone is 2. The smallest absolute Gasteiger partial charge is 0.129 e. The van der Waals surface area contributed by atoms with E-state index in [4.69, 9.17) is 17.3 Å². The third-order valence-electron chi connectivity index (χ3n) is 2.36. The molecule has 0 aromatic heterocycles. The van der Waals surface area contributed by atoms with Crippen LogP contribution in [0.1, 0.15) is 0 Å². The van der Waals surface area contributed by atoms with E-state index in [0.29, 0.717) is 18.7 Å². The molecule has 2 atom stereocenters. The number of carbonyl (C=O) groups is 1. The van der Waals surface area contributed by atoms with Gasteiger partial charge in [-0.2, -0.15) is 0 Å². The van der Waals surface area contributed by atoms with Gasteiger partial charge in [0.2, 0.25) is 0 Å². The number of carbonyl (C=O) groups excluding carboxylic acids is 1. The first-order valence-electron chi connectivity index (χ1n) is 4.63. The lowest BCUT2D eigenvalue weighted by Crippen LogP contribution is -2.41. The first-order valence-corrected chi connectivity index (χ1v) is 4.63. The molecule has 2 unspecified atom stereocenters. The summed E-state index contributed by atoms with van der Waals surface area (Å²) in [6.45, 7) is 1.22. The highest BCUT2D eigenvalue weighted by Gasteiger charge is 2.27. The fourth-order valence-electron chi connectivity index (χ4n) is 1.46. The highest BCUT2D eigenvalue weighted by Crippen LogP contribution is 2.20. The Hall–Kier alpha value is -0.865. The Bertz CT molecular complexity index is 281. The van der Waals surface area contributed by atoms with Crippen molar-refractivity contribution in [1.29, 1.82) is 0 Å². The minimum atomic E-state index is -0.230. The van der Waals surface area contributed by atoms with Gasteiger partial charge in [0.1, 0.15) is 20.2 Å². The van der Waals surface area contributed by atoms with Crippen LogP contribution < -0.4 is 0 Å². The van der Waals surface area contributed by atoms with Gasteiger partial charge in [-0.1, -0.05) is 23.7 Å². The summed E-state index contributed by atoms with van der Waals surface area (Å²) in [7, 11) is 5.62. The van der Waals surface area contributed by atoms with Crippen LogP contribution in [0, 0.1) is 5.92 Å². The maximum atomic E-state index is 10.7. The standard InChI is InChI=1S/C10H11BO3/c11-8-2-1-7(4-12)10(3-8)14-9-5-13-6-9/h1-4,7,9-10H,5-6H2. The number of hydrogen-bond donors (Lipinski definition) is 0. The molecule has 1 fully saturated rings. The van der Waals surface area contributed by atoms with E-state index in [1.807, 2.05) is 0 Å². The monoisotopic (exact) mass is 190 g/mol. The number of hydrogen-bond acceptors (Lipinski definition) is 3. The molecule has 2 rings (SSSR count). The fraction of sp³-hybridized carbons (Fsp3) is 0.500. The average Bonchev–Trinajstić information content (AvgIpc) is 2.12. The topological polar surface area (TPSA) is 35.5 Å². The predicted octanol–water partition coefficient (Wildman–Crippen LogP) is 0.208. The maximum Gasteiger partial charge on any atom is 0.129 e. The molecule has 3 nitrogen and oxygen atoms in total. The minimum absolute atomic E-state index is 0.109. The molecular weight excluding hydrogens is 179 g/mol. The van der Waals surface area contributed by atoms with Crippen molar-refractivity contribution in [3.05, 3.63) is 23.7 Å². The van der Waals surface area contributed by atoms with Crippen molar-refractivity contribution >= 4 is 14.1 Å². The Labute approximate surface area is 84.2 Å². The first-order chi connectivity index (χ1) is 6.79. The highest BCUT2D eigenvalue weighted by atomic mass is 16.6. The molecule has 1 aliphatic heterocycles. The molecule has 0 amide bonds. The molecule has 14 heavy (non-hydrogen) atoms. The predicted molar refractivity (Wildman–Crippen MR) is 52.0 cm³/mol. The van der Waals surface area contributed by atoms with Crippen molar-refractivity contribution in [3.63, 3.8) is 0 Å². The van der Waals surface area contributed by atoms with Crippen LogP contribution in [0.4, 0.5) is 0 Å². The van der Waals surface area contributed by atoms with E-state index in [-0.39, 0.29) is 18.1 Å². The molecule has 0 aromatic carbocycles. The van der Waals surface area contributed by atoms with Crippen LogP contribution in [0.25, 0.3) is 0 Å². The van der Waals surface area contributed by atoms with E-state index >= 15 is 0 Å². The zero-order valence-corrected chi connectivity index (χ0v) is 7.76. The number of aldehydes is 1. The minimum Gasteiger partial charge on any atom is -0.376 e. The van der Waals surface area contributed by atoms with Crippen LogP contribution in [-0.4, -0.2) is 39.6 Å². The van der Waals surface area contributed by atoms with Crippen LogP contribution in [0.3, 0.4) is 0 Å². The molecule has 0 spiro atoms. The van der Waals surface area contributed by atoms with Gasteiger partial charge >= 0.3 is 0 Å². The molecule has 0 N–H and O–H groups in total. The van der Waals surface area contributed by atoms with Crippen molar-refractivity contribution in [1.82, 2.24) is 0 Å². The summed E-state index contributed by atoms with van der Waals surface area (Å²) in [5, 5.41) is 0. The van der Waals surface area contributed by atoms with Crippen LogP contribution in [-0.2, 0) is 14.3 Å². The van der Waals surface area contributed by atoms with Crippen LogP contribution in [0.2, 0.25) is 0 Å². The quantitative estimate of drug-likeness (QED) is 0.471. The molecule has 72 valence electrons. The zero-order chi connectivity index (χ0) is 9.97. The molecule has 1 aliphatic carbocycles. The Morgan fingerprint density at radius 1 is 1.57 bits per heavy atom. The van der Waals surface area contributed by atoms with Gasteiger partial charge in [-0.25, -0.2) is 0 Å². The van der Waals surface area contributed by atoms with Gasteiger partial charge in [-0.05, 0) is 0 Å². The fourth-order valence-corrected chi connectivity index (χ4v) is 1.46. The first kappa shape index (κ1) is 9.68. The Morgan fingerprint density at radius 2 is 2.36 bits per heavy atom. The van der Waals surface area contributed by atoms with Crippen molar-refractivity contribution < 1.29 is 14.3 Å². The Balaban J connectivity index is 1.99. The van der Waals surface area contributed by atoms with Gasteiger partial charge in [0.15, 0.2) is 0 Å². The van der Waals surface area contributed by atoms with Crippen LogP contribution in [0.15, 0.2) is 23.7 Å². The second kappa shape index (κ2) is 4.11. The van der Waals surface area contributed by atoms with E-state index < -0.39 is 0 Å². The SMILES string of the molecule is [B]C1=CC(OC2COC2)C(C=O)C=C1. The lowest BCUT2D eigenvalue weighted by molar-refractivity contribution is -0.153. The molecule has 4 heteroatoms. The molecule has 1 saturated heterocycles. The normalized spacial score (nSPS) is 32.1. The van der Waals surface area contributed by atoms with E-state index in [9.17, 15) is 4.79 Å². The maximum absolute atomic E-state index is 10.7. The Kier molecular flexibility index (Phi) is 2.84. The summed E-state index contributed by atoms with van der Waals surface area (Å²) < 4.78 is 10.6. The van der Waals surface area contributed by atoms with E-state index in [2.05, 4.69) is 0 Å². The van der Waals surface area contributed by atoms with Crippen LogP contribution in [0.5, 0.6) is 0 Å². The van der Waals surface area contributed by atoms with Gasteiger partial charge in [-0.3, -0.25) is 0 Å². The molecule has 0 bridgehead atoms. The van der Waals surface area contributed by atoms with Crippen molar-refractivity contribution in [2.75, 3.05) is 13.2 Å². The summed E-state index contributed by atoms with van der Waals surface area (Å²) in [6.07, 6.45) is 6.04. The Morgan fingerprint density at radius 3 is 2.93 bits per heavy atom. The lowest BCUT2D eigenvalue weighted by Gasteiger charge is -2.32. The van der Waals surface area contributed by atoms with Gasteiger partial charge in [0.25, 0.3) is 0 Å². The second-order valence-electron chi connectivity index (χ2n) is 3.50. The van der Waals surface area contributed by atoms with Crippen LogP contribution >= 0.6 is 0 Å². The largest absolute Gasteiger partial charge is 0.376 e. The summed E-state index contributed by atoms with van der Waals surface area (Å²) in [5.41, 5.74) is 0.647. The number of ether oxygens (including phenoxy) is 2. The molecule has 2 radical (unpaired) electrons. The highest BCUT2D eigenvalue weighted by molar-refractivity contribution is 6.23.